The van der Waals surface area contributed by atoms with E-state index in [1.165, 1.54) is 0 Å². The van der Waals surface area contributed by atoms with Crippen molar-refractivity contribution in [2.75, 3.05) is 0 Å². The summed E-state index contributed by atoms with van der Waals surface area (Å²) >= 11 is 0. The van der Waals surface area contributed by atoms with Gasteiger partial charge in [-0.3, -0.25) is 9.11 Å². The third-order valence-electron chi connectivity index (χ3n) is 1.88. The Kier molecular flexibility index (Phi) is 12.3. The molecule has 10 N–H and O–H groups in total. The van der Waals surface area contributed by atoms with Gasteiger partial charge in [-0.05, 0) is 12.8 Å². The molecule has 0 unspecified atom stereocenters. The van der Waals surface area contributed by atoms with Crippen LogP contribution in [0.2, 0.25) is 0 Å². The fourth-order valence-corrected chi connectivity index (χ4v) is 1.21. The second-order valence-electron chi connectivity index (χ2n) is 4.09. The number of rotatable bonds is 7. The third-order valence-corrected chi connectivity index (χ3v) is 1.88. The lowest BCUT2D eigenvalue weighted by Gasteiger charge is -2.05. The van der Waals surface area contributed by atoms with Crippen molar-refractivity contribution in [1.82, 2.24) is 0 Å². The second-order valence-corrected chi connectivity index (χ2v) is 4.99. The van der Waals surface area contributed by atoms with Crippen LogP contribution in [-0.4, -0.2) is 40.9 Å². The van der Waals surface area contributed by atoms with Crippen LogP contribution in [0.1, 0.15) is 39.5 Å². The number of hydrogen-bond donors (Lipinski definition) is 6. The summed E-state index contributed by atoms with van der Waals surface area (Å²) in [6.07, 6.45) is 3.19. The molecule has 0 aromatic rings. The normalized spacial score (nSPS) is 12.0. The Balaban J connectivity index is 0. The Morgan fingerprint density at radius 2 is 1.04 bits per heavy atom. The van der Waals surface area contributed by atoms with Crippen molar-refractivity contribution in [1.29, 1.82) is 0 Å². The molecule has 0 aliphatic rings. The second kappa shape index (κ2) is 12.3. The average Bonchev–Trinajstić information content (AvgIpc) is 2.37. The van der Waals surface area contributed by atoms with Gasteiger partial charge in [0.1, 0.15) is 0 Å². The van der Waals surface area contributed by atoms with Gasteiger partial charge < -0.3 is 22.9 Å². The van der Waals surface area contributed by atoms with Crippen LogP contribution in [0.4, 0.5) is 0 Å². The number of nitrogens with zero attached hydrogens (tertiary/aromatic N) is 4. The Labute approximate surface area is 135 Å². The molecule has 0 amide bonds. The molecule has 0 rings (SSSR count). The molecule has 0 radical (unpaired) electrons. The molecule has 0 aromatic carbocycles. The zero-order valence-electron chi connectivity index (χ0n) is 13.0. The summed E-state index contributed by atoms with van der Waals surface area (Å²) < 4.78 is 31.6. The molecule has 0 atom stereocenters. The van der Waals surface area contributed by atoms with Gasteiger partial charge in [-0.25, -0.2) is 0 Å². The number of hydrogen-bond acceptors (Lipinski definition) is 6. The quantitative estimate of drug-likeness (QED) is 0.146. The maximum Gasteiger partial charge on any atom is 0.394 e. The van der Waals surface area contributed by atoms with Crippen LogP contribution >= 0.6 is 0 Å². The number of guanidine groups is 2. The van der Waals surface area contributed by atoms with Crippen LogP contribution in [-0.2, 0) is 10.4 Å². The maximum absolute atomic E-state index is 8.74. The smallest absolute Gasteiger partial charge is 0.369 e. The molecule has 12 nitrogen and oxygen atoms in total. The van der Waals surface area contributed by atoms with Gasteiger partial charge >= 0.3 is 10.4 Å². The minimum absolute atomic E-state index is 0.0960. The third kappa shape index (κ3) is 19.8. The molecule has 0 saturated heterocycles. The Bertz CT molecular complexity index is 515. The lowest BCUT2D eigenvalue weighted by Crippen LogP contribution is -2.23. The van der Waals surface area contributed by atoms with Gasteiger partial charge in [0.25, 0.3) is 0 Å². The summed E-state index contributed by atoms with van der Waals surface area (Å²) in [6.45, 7) is 4.05. The van der Waals surface area contributed by atoms with E-state index in [1.54, 1.807) is 0 Å². The highest BCUT2D eigenvalue weighted by atomic mass is 32.3. The summed E-state index contributed by atoms with van der Waals surface area (Å²) in [4.78, 5) is 0. The van der Waals surface area contributed by atoms with E-state index in [2.05, 4.69) is 20.4 Å². The first-order chi connectivity index (χ1) is 10.5. The summed E-state index contributed by atoms with van der Waals surface area (Å²) in [6, 6.07) is 0. The van der Waals surface area contributed by atoms with Crippen molar-refractivity contribution in [3.63, 3.8) is 0 Å². The zero-order valence-corrected chi connectivity index (χ0v) is 13.9. The molecule has 0 saturated carbocycles. The predicted octanol–water partition coefficient (Wildman–Crippen LogP) is -0.807. The monoisotopic (exact) mass is 352 g/mol. The highest BCUT2D eigenvalue weighted by Gasteiger charge is 2.08. The van der Waals surface area contributed by atoms with E-state index in [0.717, 1.165) is 12.8 Å². The van der Waals surface area contributed by atoms with Gasteiger partial charge in [0.15, 0.2) is 0 Å². The summed E-state index contributed by atoms with van der Waals surface area (Å²) in [5, 5.41) is 15.2. The molecule has 0 bridgehead atoms. The molecular weight excluding hydrogens is 328 g/mol. The van der Waals surface area contributed by atoms with Crippen molar-refractivity contribution >= 4 is 33.7 Å². The summed E-state index contributed by atoms with van der Waals surface area (Å²) in [7, 11) is -4.67. The highest BCUT2D eigenvalue weighted by molar-refractivity contribution is 7.79. The van der Waals surface area contributed by atoms with Gasteiger partial charge in [-0.2, -0.15) is 18.6 Å². The van der Waals surface area contributed by atoms with Crippen LogP contribution < -0.4 is 22.9 Å². The zero-order chi connectivity index (χ0) is 18.5. The lowest BCUT2D eigenvalue weighted by molar-refractivity contribution is 0.381. The molecule has 0 fully saturated rings. The van der Waals surface area contributed by atoms with Gasteiger partial charge in [-0.1, -0.05) is 26.7 Å². The molecule has 13 heteroatoms. The molecule has 134 valence electrons. The maximum atomic E-state index is 8.74. The van der Waals surface area contributed by atoms with Crippen LogP contribution in [0, 0.1) is 0 Å². The predicted molar refractivity (Wildman–Crippen MR) is 90.5 cm³/mol. The van der Waals surface area contributed by atoms with E-state index in [9.17, 15) is 0 Å². The summed E-state index contributed by atoms with van der Waals surface area (Å²) in [5.41, 5.74) is 22.4. The van der Waals surface area contributed by atoms with Crippen molar-refractivity contribution in [3.8, 4) is 0 Å². The van der Waals surface area contributed by atoms with Gasteiger partial charge in [0, 0.05) is 0 Å². The van der Waals surface area contributed by atoms with Crippen LogP contribution in [0.25, 0.3) is 0 Å². The topological polar surface area (TPSA) is 228 Å². The van der Waals surface area contributed by atoms with Crippen molar-refractivity contribution in [3.05, 3.63) is 0 Å². The van der Waals surface area contributed by atoms with Crippen LogP contribution in [0.5, 0.6) is 0 Å². The molecule has 0 aliphatic carbocycles. The molecule has 0 heterocycles. The van der Waals surface area contributed by atoms with E-state index in [4.69, 9.17) is 40.5 Å². The van der Waals surface area contributed by atoms with Crippen molar-refractivity contribution < 1.29 is 17.5 Å². The van der Waals surface area contributed by atoms with E-state index in [1.807, 2.05) is 13.8 Å². The molecular formula is C10H24N8O4S. The van der Waals surface area contributed by atoms with Crippen molar-refractivity contribution in [2.45, 2.75) is 39.5 Å². The minimum Gasteiger partial charge on any atom is -0.369 e. The lowest BCUT2D eigenvalue weighted by atomic mass is 10.1. The highest BCUT2D eigenvalue weighted by Crippen LogP contribution is 2.03. The first-order valence-electron chi connectivity index (χ1n) is 6.52. The average molecular weight is 352 g/mol. The van der Waals surface area contributed by atoms with Gasteiger partial charge in [0.2, 0.25) is 11.9 Å². The molecule has 0 spiro atoms. The fraction of sp³-hybridized carbons (Fsp3) is 0.600. The van der Waals surface area contributed by atoms with E-state index in [0.29, 0.717) is 24.3 Å². The van der Waals surface area contributed by atoms with E-state index < -0.39 is 10.4 Å². The fourth-order valence-electron chi connectivity index (χ4n) is 1.21. The number of nitrogens with two attached hydrogens (primary N) is 4. The Hall–Kier alpha value is -2.25. The SMILES string of the molecule is CCCC(=N\N=C(N)N)/C(CCC)=N/N=C(N)N.O=S(=O)(O)O. The van der Waals surface area contributed by atoms with E-state index >= 15 is 0 Å². The van der Waals surface area contributed by atoms with Gasteiger partial charge in [-0.15, -0.1) is 10.2 Å². The first kappa shape index (κ1) is 23.0. The molecule has 23 heavy (non-hydrogen) atoms. The molecule has 0 aromatic heterocycles. The Morgan fingerprint density at radius 1 is 0.783 bits per heavy atom. The summed E-state index contributed by atoms with van der Waals surface area (Å²) in [5.74, 6) is -0.192. The van der Waals surface area contributed by atoms with Crippen LogP contribution in [0.15, 0.2) is 20.4 Å². The van der Waals surface area contributed by atoms with Crippen molar-refractivity contribution in [2.24, 2.45) is 43.3 Å². The van der Waals surface area contributed by atoms with E-state index in [-0.39, 0.29) is 11.9 Å². The largest absolute Gasteiger partial charge is 0.394 e. The standard InChI is InChI=1S/C10H22N8.H2O4S/c1-3-5-7(15-17-9(11)12)8(6-4-2)16-18-10(13)14;1-5(2,3)4/h3-6H2,1-2H3,(H4,11,12,17)(H4,13,14,18);(H2,1,2,3,4)/b15-7+,16-8+;. The first-order valence-corrected chi connectivity index (χ1v) is 7.92. The van der Waals surface area contributed by atoms with Crippen LogP contribution in [0.3, 0.4) is 0 Å². The Morgan fingerprint density at radius 3 is 1.22 bits per heavy atom. The minimum atomic E-state index is -4.67. The van der Waals surface area contributed by atoms with Gasteiger partial charge in [0.05, 0.1) is 11.4 Å². The molecule has 0 aliphatic heterocycles.